The van der Waals surface area contributed by atoms with E-state index in [1.54, 1.807) is 11.3 Å². The Kier molecular flexibility index (Phi) is 4.47. The molecule has 0 aromatic carbocycles. The maximum Gasteiger partial charge on any atom is 0.0564 e. The molecule has 2 aliphatic rings. The summed E-state index contributed by atoms with van der Waals surface area (Å²) < 4.78 is 0. The lowest BCUT2D eigenvalue weighted by Gasteiger charge is -2.44. The summed E-state index contributed by atoms with van der Waals surface area (Å²) in [7, 11) is 0. The van der Waals surface area contributed by atoms with E-state index in [1.807, 2.05) is 5.38 Å². The number of halogens is 1. The van der Waals surface area contributed by atoms with Crippen molar-refractivity contribution in [1.82, 2.24) is 4.90 Å². The summed E-state index contributed by atoms with van der Waals surface area (Å²) in [6.45, 7) is 3.15. The van der Waals surface area contributed by atoms with E-state index < -0.39 is 0 Å². The molecule has 106 valence electrons. The second kappa shape index (κ2) is 6.13. The fraction of sp³-hybridized carbons (Fsp3) is 0.733. The van der Waals surface area contributed by atoms with Crippen LogP contribution >= 0.6 is 22.9 Å². The molecule has 3 atom stereocenters. The molecule has 2 nitrogen and oxygen atoms in total. The van der Waals surface area contributed by atoms with Crippen LogP contribution in [-0.4, -0.2) is 24.5 Å². The van der Waals surface area contributed by atoms with Crippen LogP contribution in [0.4, 0.5) is 0 Å². The number of rotatable bonds is 3. The van der Waals surface area contributed by atoms with Gasteiger partial charge in [-0.15, -0.1) is 11.3 Å². The van der Waals surface area contributed by atoms with Crippen LogP contribution in [0.3, 0.4) is 0 Å². The number of hydrogen-bond donors (Lipinski definition) is 1. The molecule has 1 saturated carbocycles. The SMILES string of the molecule is NCC(c1cc(Cl)cs1)N1CCC2CCCCC2C1. The highest BCUT2D eigenvalue weighted by Crippen LogP contribution is 2.39. The number of piperidine rings is 1. The topological polar surface area (TPSA) is 29.3 Å². The summed E-state index contributed by atoms with van der Waals surface area (Å²) in [6.07, 6.45) is 7.11. The van der Waals surface area contributed by atoms with E-state index in [0.717, 1.165) is 16.9 Å². The summed E-state index contributed by atoms with van der Waals surface area (Å²) in [4.78, 5) is 3.94. The predicted molar refractivity (Wildman–Crippen MR) is 82.8 cm³/mol. The van der Waals surface area contributed by atoms with Crippen molar-refractivity contribution in [3.63, 3.8) is 0 Å². The highest BCUT2D eigenvalue weighted by molar-refractivity contribution is 7.10. The molecule has 0 amide bonds. The van der Waals surface area contributed by atoms with Gasteiger partial charge in [-0.3, -0.25) is 4.90 Å². The fourth-order valence-electron chi connectivity index (χ4n) is 3.86. The van der Waals surface area contributed by atoms with Gasteiger partial charge in [0, 0.05) is 23.3 Å². The monoisotopic (exact) mass is 298 g/mol. The molecule has 1 aliphatic heterocycles. The third-order valence-corrected chi connectivity index (χ3v) is 6.28. The number of hydrogen-bond acceptors (Lipinski definition) is 3. The van der Waals surface area contributed by atoms with Gasteiger partial charge in [0.1, 0.15) is 0 Å². The molecular formula is C15H23ClN2S. The van der Waals surface area contributed by atoms with Crippen LogP contribution in [0.25, 0.3) is 0 Å². The van der Waals surface area contributed by atoms with E-state index in [-0.39, 0.29) is 0 Å². The Labute approximate surface area is 124 Å². The molecule has 3 rings (SSSR count). The second-order valence-corrected chi connectivity index (χ2v) is 7.39. The molecule has 19 heavy (non-hydrogen) atoms. The van der Waals surface area contributed by atoms with Gasteiger partial charge in [0.15, 0.2) is 0 Å². The molecule has 2 N–H and O–H groups in total. The van der Waals surface area contributed by atoms with Gasteiger partial charge in [0.25, 0.3) is 0 Å². The molecular weight excluding hydrogens is 276 g/mol. The minimum Gasteiger partial charge on any atom is -0.329 e. The van der Waals surface area contributed by atoms with Crippen molar-refractivity contribution in [3.05, 3.63) is 21.3 Å². The first-order valence-corrected chi connectivity index (χ1v) is 8.71. The standard InChI is InChI=1S/C15H23ClN2S/c16-13-7-15(19-10-13)14(8-17)18-6-5-11-3-1-2-4-12(11)9-18/h7,10-12,14H,1-6,8-9,17H2. The van der Waals surface area contributed by atoms with Gasteiger partial charge < -0.3 is 5.73 Å². The van der Waals surface area contributed by atoms with Crippen LogP contribution in [0.2, 0.25) is 5.02 Å². The van der Waals surface area contributed by atoms with E-state index in [0.29, 0.717) is 12.6 Å². The van der Waals surface area contributed by atoms with Gasteiger partial charge in [0.05, 0.1) is 11.1 Å². The zero-order valence-electron chi connectivity index (χ0n) is 11.4. The first kappa shape index (κ1) is 13.9. The Bertz CT molecular complexity index is 420. The highest BCUT2D eigenvalue weighted by atomic mass is 35.5. The zero-order chi connectivity index (χ0) is 13.2. The molecule has 1 saturated heterocycles. The summed E-state index contributed by atoms with van der Waals surface area (Å²) in [5.74, 6) is 1.89. The molecule has 2 heterocycles. The number of fused-ring (bicyclic) bond motifs is 1. The Morgan fingerprint density at radius 3 is 2.79 bits per heavy atom. The summed E-state index contributed by atoms with van der Waals surface area (Å²) in [5, 5.41) is 2.87. The van der Waals surface area contributed by atoms with Crippen molar-refractivity contribution >= 4 is 22.9 Å². The number of nitrogens with two attached hydrogens (primary N) is 1. The molecule has 1 aromatic rings. The van der Waals surface area contributed by atoms with Crippen molar-refractivity contribution in [2.75, 3.05) is 19.6 Å². The first-order chi connectivity index (χ1) is 9.28. The molecule has 1 aliphatic carbocycles. The summed E-state index contributed by atoms with van der Waals surface area (Å²) >= 11 is 7.81. The summed E-state index contributed by atoms with van der Waals surface area (Å²) in [6, 6.07) is 2.47. The third-order valence-electron chi connectivity index (χ3n) is 4.90. The quantitative estimate of drug-likeness (QED) is 0.916. The van der Waals surface area contributed by atoms with Crippen LogP contribution in [0, 0.1) is 11.8 Å². The van der Waals surface area contributed by atoms with Gasteiger partial charge in [0.2, 0.25) is 0 Å². The smallest absolute Gasteiger partial charge is 0.0564 e. The van der Waals surface area contributed by atoms with E-state index >= 15 is 0 Å². The van der Waals surface area contributed by atoms with Crippen molar-refractivity contribution in [1.29, 1.82) is 0 Å². The molecule has 0 radical (unpaired) electrons. The number of nitrogens with zero attached hydrogens (tertiary/aromatic N) is 1. The predicted octanol–water partition coefficient (Wildman–Crippen LogP) is 3.91. The Hall–Kier alpha value is -0.0900. The molecule has 1 aromatic heterocycles. The maximum atomic E-state index is 6.06. The molecule has 4 heteroatoms. The molecule has 3 unspecified atom stereocenters. The van der Waals surface area contributed by atoms with Gasteiger partial charge in [-0.25, -0.2) is 0 Å². The normalized spacial score (nSPS) is 30.0. The van der Waals surface area contributed by atoms with E-state index in [2.05, 4.69) is 11.0 Å². The minimum absolute atomic E-state index is 0.375. The average molecular weight is 299 g/mol. The first-order valence-electron chi connectivity index (χ1n) is 7.46. The van der Waals surface area contributed by atoms with Gasteiger partial charge in [-0.2, -0.15) is 0 Å². The van der Waals surface area contributed by atoms with Crippen LogP contribution in [-0.2, 0) is 0 Å². The van der Waals surface area contributed by atoms with Crippen molar-refractivity contribution in [2.24, 2.45) is 17.6 Å². The van der Waals surface area contributed by atoms with Crippen molar-refractivity contribution < 1.29 is 0 Å². The maximum absolute atomic E-state index is 6.06. The van der Waals surface area contributed by atoms with Gasteiger partial charge >= 0.3 is 0 Å². The third kappa shape index (κ3) is 2.99. The van der Waals surface area contributed by atoms with Crippen molar-refractivity contribution in [2.45, 2.75) is 38.1 Å². The largest absolute Gasteiger partial charge is 0.329 e. The Balaban J connectivity index is 1.70. The van der Waals surface area contributed by atoms with E-state index in [9.17, 15) is 0 Å². The van der Waals surface area contributed by atoms with Crippen LogP contribution in [0.5, 0.6) is 0 Å². The lowest BCUT2D eigenvalue weighted by molar-refractivity contribution is 0.0596. The Morgan fingerprint density at radius 2 is 2.11 bits per heavy atom. The van der Waals surface area contributed by atoms with Gasteiger partial charge in [-0.1, -0.05) is 30.9 Å². The average Bonchev–Trinajstić information content (AvgIpc) is 2.86. The number of likely N-dealkylation sites (tertiary alicyclic amines) is 1. The summed E-state index contributed by atoms with van der Waals surface area (Å²) in [5.41, 5.74) is 6.03. The van der Waals surface area contributed by atoms with E-state index in [1.165, 1.54) is 50.1 Å². The minimum atomic E-state index is 0.375. The lowest BCUT2D eigenvalue weighted by Crippen LogP contribution is -2.45. The molecule has 2 fully saturated rings. The van der Waals surface area contributed by atoms with Crippen molar-refractivity contribution in [3.8, 4) is 0 Å². The van der Waals surface area contributed by atoms with E-state index in [4.69, 9.17) is 17.3 Å². The molecule has 0 bridgehead atoms. The lowest BCUT2D eigenvalue weighted by atomic mass is 9.75. The highest BCUT2D eigenvalue weighted by Gasteiger charge is 2.34. The van der Waals surface area contributed by atoms with Gasteiger partial charge in [-0.05, 0) is 37.3 Å². The second-order valence-electron chi connectivity index (χ2n) is 6.01. The fourth-order valence-corrected chi connectivity index (χ4v) is 5.09. The van der Waals surface area contributed by atoms with Crippen LogP contribution in [0.1, 0.15) is 43.0 Å². The molecule has 0 spiro atoms. The van der Waals surface area contributed by atoms with Crippen LogP contribution in [0.15, 0.2) is 11.4 Å². The Morgan fingerprint density at radius 1 is 1.32 bits per heavy atom. The number of thiophene rings is 1. The van der Waals surface area contributed by atoms with Crippen LogP contribution < -0.4 is 5.73 Å². The zero-order valence-corrected chi connectivity index (χ0v) is 12.9.